The summed E-state index contributed by atoms with van der Waals surface area (Å²) in [4.78, 5) is 0. The molecule has 0 N–H and O–H groups in total. The van der Waals surface area contributed by atoms with Gasteiger partial charge in [-0.05, 0) is 141 Å². The van der Waals surface area contributed by atoms with Gasteiger partial charge in [0.25, 0.3) is 0 Å². The van der Waals surface area contributed by atoms with Crippen LogP contribution in [0.15, 0.2) is 200 Å². The first-order chi connectivity index (χ1) is 33.9. The van der Waals surface area contributed by atoms with Gasteiger partial charge in [0, 0.05) is 0 Å². The van der Waals surface area contributed by atoms with Crippen LogP contribution in [0.2, 0.25) is 0 Å². The molecule has 74 heavy (non-hydrogen) atoms. The molecule has 10 aromatic rings. The molecule has 0 nitrogen and oxygen atoms in total. The van der Waals surface area contributed by atoms with Crippen LogP contribution in [0.5, 0.6) is 0 Å². The van der Waals surface area contributed by atoms with Crippen LogP contribution in [0.3, 0.4) is 0 Å². The summed E-state index contributed by atoms with van der Waals surface area (Å²) in [5, 5.41) is 5.85. The molecule has 0 aromatic heterocycles. The Kier molecular flexibility index (Phi) is 18.4. The Morgan fingerprint density at radius 3 is 0.649 bits per heavy atom. The van der Waals surface area contributed by atoms with Crippen molar-refractivity contribution >= 4 is 28.8 Å². The SMILES string of the molecule is Cc1cc(C)c([Si](c2c(C)cc(C)c(-c3ccccc3)c2-c2ccccc2)(c2c(C)cc(C)c(-c3ccccc3)c2-c2ccccc2)[c-]2c(C)c(C)c(C)c2C)c(-c2ccccc2)c1-c1ccccc1.[Cl-].[Cl-].[Cl-].[Ti+4]. The van der Waals surface area contributed by atoms with Crippen LogP contribution in [-0.2, 0) is 21.7 Å². The summed E-state index contributed by atoms with van der Waals surface area (Å²) in [5.74, 6) is 0. The van der Waals surface area contributed by atoms with Gasteiger partial charge in [-0.3, -0.25) is 0 Å². The molecule has 0 aliphatic rings. The van der Waals surface area contributed by atoms with Gasteiger partial charge in [-0.25, -0.2) is 0 Å². The molecule has 0 saturated heterocycles. The Balaban J connectivity index is 0.00000223. The minimum atomic E-state index is -3.78. The second-order valence-corrected chi connectivity index (χ2v) is 23.2. The summed E-state index contributed by atoms with van der Waals surface area (Å²) in [6.07, 6.45) is 0. The third-order valence-corrected chi connectivity index (χ3v) is 21.2. The standard InChI is InChI=1S/C69H63Si.3ClH.Ti/c1-44-41-47(4)66(63(57-35-23-14-24-36-57)60(44)54-29-17-11-18-30-54)70(69-52(9)50(7)51(8)53(69)10,67-48(5)42-45(2)61(55-31-19-12-20-32-55)64(67)58-37-25-15-26-38-58)68-49(6)43-46(3)62(56-33-21-13-22-34-56)65(68)59-39-27-16-28-40-59;;;;/h11-43H,1-10H3;3*1H;/q-1;;;;+4/p-3. The molecule has 0 unspecified atom stereocenters. The normalized spacial score (nSPS) is 10.9. The molecule has 10 rings (SSSR count). The maximum atomic E-state index is 2.53. The molecule has 0 heterocycles. The Morgan fingerprint density at radius 2 is 0.446 bits per heavy atom. The molecule has 0 aliphatic heterocycles. The maximum Gasteiger partial charge on any atom is 4.00 e. The van der Waals surface area contributed by atoms with Crippen molar-refractivity contribution in [2.24, 2.45) is 0 Å². The second-order valence-electron chi connectivity index (χ2n) is 19.7. The van der Waals surface area contributed by atoms with Gasteiger partial charge >= 0.3 is 21.7 Å². The Bertz CT molecular complexity index is 3190. The topological polar surface area (TPSA) is 0 Å². The minimum Gasteiger partial charge on any atom is -1.00 e. The summed E-state index contributed by atoms with van der Waals surface area (Å²) >= 11 is 0. The van der Waals surface area contributed by atoms with Crippen LogP contribution in [-0.4, -0.2) is 8.07 Å². The summed E-state index contributed by atoms with van der Waals surface area (Å²) < 4.78 is 0. The molecule has 0 fully saturated rings. The Labute approximate surface area is 475 Å². The zero-order chi connectivity index (χ0) is 48.8. The zero-order valence-electron chi connectivity index (χ0n) is 44.2. The molecule has 0 saturated carbocycles. The number of halogens is 3. The first-order valence-electron chi connectivity index (χ1n) is 24.9. The van der Waals surface area contributed by atoms with Crippen molar-refractivity contribution in [1.29, 1.82) is 0 Å². The molecule has 0 spiro atoms. The van der Waals surface area contributed by atoms with Crippen LogP contribution in [0.4, 0.5) is 0 Å². The fourth-order valence-electron chi connectivity index (χ4n) is 12.6. The van der Waals surface area contributed by atoms with E-state index >= 15 is 0 Å². The van der Waals surface area contributed by atoms with E-state index in [0.29, 0.717) is 0 Å². The van der Waals surface area contributed by atoms with Crippen molar-refractivity contribution in [2.45, 2.75) is 69.2 Å². The molecule has 0 bridgehead atoms. The number of benzene rings is 9. The molecule has 0 aliphatic carbocycles. The van der Waals surface area contributed by atoms with Crippen molar-refractivity contribution in [3.63, 3.8) is 0 Å². The fraction of sp³-hybridized carbons (Fsp3) is 0.145. The Hall–Kier alpha value is -5.87. The van der Waals surface area contributed by atoms with Crippen LogP contribution in [0.1, 0.15) is 55.6 Å². The molecular formula is C69H63Cl3SiTi. The first kappa shape index (κ1) is 57.4. The van der Waals surface area contributed by atoms with Gasteiger partial charge in [-0.2, -0.15) is 22.3 Å². The van der Waals surface area contributed by atoms with E-state index in [9.17, 15) is 0 Å². The fourth-order valence-corrected chi connectivity index (χ4v) is 19.5. The van der Waals surface area contributed by atoms with E-state index in [-0.39, 0.29) is 58.9 Å². The van der Waals surface area contributed by atoms with Gasteiger partial charge in [-0.1, -0.05) is 245 Å². The molecule has 0 amide bonds. The smallest absolute Gasteiger partial charge is 1.00 e. The van der Waals surface area contributed by atoms with Gasteiger partial charge < -0.3 is 37.2 Å². The molecular weight excluding hydrogens is 1010 g/mol. The van der Waals surface area contributed by atoms with E-state index < -0.39 is 8.07 Å². The van der Waals surface area contributed by atoms with Gasteiger partial charge in [0.05, 0.1) is 0 Å². The van der Waals surface area contributed by atoms with Crippen LogP contribution >= 0.6 is 0 Å². The second kappa shape index (κ2) is 23.8. The summed E-state index contributed by atoms with van der Waals surface area (Å²) in [5.41, 5.74) is 28.6. The van der Waals surface area contributed by atoms with Crippen molar-refractivity contribution in [1.82, 2.24) is 0 Å². The maximum absolute atomic E-state index is 3.78. The molecule has 0 radical (unpaired) electrons. The minimum absolute atomic E-state index is 0. The van der Waals surface area contributed by atoms with Gasteiger partial charge in [-0.15, -0.1) is 5.19 Å². The number of rotatable bonds is 10. The van der Waals surface area contributed by atoms with Gasteiger partial charge in [0.15, 0.2) is 0 Å². The van der Waals surface area contributed by atoms with Crippen molar-refractivity contribution in [3.05, 3.63) is 256 Å². The van der Waals surface area contributed by atoms with E-state index in [1.807, 2.05) is 0 Å². The molecule has 0 atom stereocenters. The number of hydrogen-bond donors (Lipinski definition) is 0. The zero-order valence-corrected chi connectivity index (χ0v) is 49.0. The van der Waals surface area contributed by atoms with Crippen molar-refractivity contribution in [2.75, 3.05) is 0 Å². The van der Waals surface area contributed by atoms with Crippen LogP contribution in [0, 0.1) is 69.2 Å². The van der Waals surface area contributed by atoms with Gasteiger partial charge in [0.2, 0.25) is 0 Å². The molecule has 10 aromatic carbocycles. The summed E-state index contributed by atoms with van der Waals surface area (Å²) in [7, 11) is -3.78. The van der Waals surface area contributed by atoms with E-state index in [4.69, 9.17) is 0 Å². The van der Waals surface area contributed by atoms with E-state index in [1.54, 1.807) is 0 Å². The summed E-state index contributed by atoms with van der Waals surface area (Å²) in [6.45, 7) is 24.0. The average Bonchev–Trinajstić information content (AvgIpc) is 3.57. The third-order valence-electron chi connectivity index (χ3n) is 15.5. The Morgan fingerprint density at radius 1 is 0.257 bits per heavy atom. The summed E-state index contributed by atoms with van der Waals surface area (Å²) in [6, 6.07) is 75.4. The van der Waals surface area contributed by atoms with Crippen molar-refractivity contribution < 1.29 is 58.9 Å². The third kappa shape index (κ3) is 9.69. The number of hydrogen-bond acceptors (Lipinski definition) is 0. The van der Waals surface area contributed by atoms with Crippen molar-refractivity contribution in [3.8, 4) is 66.8 Å². The first-order valence-corrected chi connectivity index (χ1v) is 26.9. The van der Waals surface area contributed by atoms with Gasteiger partial charge in [0.1, 0.15) is 8.07 Å². The van der Waals surface area contributed by atoms with E-state index in [1.165, 1.54) is 143 Å². The predicted octanol–water partition coefficient (Wildman–Crippen LogP) is 6.88. The predicted molar refractivity (Wildman–Crippen MR) is 306 cm³/mol. The largest absolute Gasteiger partial charge is 4.00 e. The molecule has 368 valence electrons. The molecule has 5 heteroatoms. The number of aryl methyl sites for hydroxylation is 6. The average molecular weight is 1070 g/mol. The quantitative estimate of drug-likeness (QED) is 0.0798. The van der Waals surface area contributed by atoms with Crippen LogP contribution < -0.4 is 58.0 Å². The monoisotopic (exact) mass is 1070 g/mol. The van der Waals surface area contributed by atoms with Crippen LogP contribution in [0.25, 0.3) is 66.8 Å². The van der Waals surface area contributed by atoms with E-state index in [2.05, 4.69) is 269 Å². The van der Waals surface area contributed by atoms with E-state index in [0.717, 1.165) is 0 Å².